The van der Waals surface area contributed by atoms with Crippen molar-refractivity contribution in [2.24, 2.45) is 4.99 Å². The molecule has 0 radical (unpaired) electrons. The lowest BCUT2D eigenvalue weighted by atomic mass is 10.2. The fraction of sp³-hybridized carbons (Fsp3) is 0.562. The molecule has 0 bridgehead atoms. The summed E-state index contributed by atoms with van der Waals surface area (Å²) in [7, 11) is 1.19. The quantitative estimate of drug-likeness (QED) is 0.537. The van der Waals surface area contributed by atoms with Crippen molar-refractivity contribution in [3.05, 3.63) is 29.8 Å². The average molecular weight is 356 g/mol. The predicted octanol–water partition coefficient (Wildman–Crippen LogP) is 1.03. The minimum absolute atomic E-state index is 0.0913. The molecule has 0 saturated carbocycles. The van der Waals surface area contributed by atoms with Gasteiger partial charge in [-0.05, 0) is 25.5 Å². The van der Waals surface area contributed by atoms with Gasteiger partial charge in [0, 0.05) is 33.8 Å². The smallest absolute Gasteiger partial charge is 0.242 e. The first kappa shape index (κ1) is 20.4. The van der Waals surface area contributed by atoms with Gasteiger partial charge in [-0.3, -0.25) is 0 Å². The molecular formula is C16H28N4O3S. The molecule has 0 saturated heterocycles. The van der Waals surface area contributed by atoms with Gasteiger partial charge >= 0.3 is 0 Å². The summed E-state index contributed by atoms with van der Waals surface area (Å²) < 4.78 is 31.1. The Balaban J connectivity index is 3.02. The summed E-state index contributed by atoms with van der Waals surface area (Å²) in [6.45, 7) is 5.49. The lowest BCUT2D eigenvalue weighted by molar-refractivity contribution is 0.179. The first-order valence-electron chi connectivity index (χ1n) is 7.87. The van der Waals surface area contributed by atoms with Crippen LogP contribution in [-0.4, -0.2) is 59.1 Å². The van der Waals surface area contributed by atoms with E-state index in [1.54, 1.807) is 25.3 Å². The molecule has 2 N–H and O–H groups in total. The van der Waals surface area contributed by atoms with Crippen LogP contribution in [0, 0.1) is 0 Å². The van der Waals surface area contributed by atoms with E-state index in [4.69, 9.17) is 4.74 Å². The maximum absolute atomic E-state index is 12.4. The van der Waals surface area contributed by atoms with E-state index < -0.39 is 10.0 Å². The number of hydrogen-bond acceptors (Lipinski definition) is 4. The molecule has 7 nitrogen and oxygen atoms in total. The van der Waals surface area contributed by atoms with Gasteiger partial charge in [-0.25, -0.2) is 17.7 Å². The lowest BCUT2D eigenvalue weighted by Gasteiger charge is -2.18. The standard InChI is InChI=1S/C16H28N4O3S/c1-6-17-16(19-13(2)12-23-5)18-11-14-9-7-8-10-15(14)24(21,22)20(3)4/h7-10,13H,6,11-12H2,1-5H3,(H2,17,18,19). The lowest BCUT2D eigenvalue weighted by Crippen LogP contribution is -2.43. The zero-order valence-corrected chi connectivity index (χ0v) is 15.9. The van der Waals surface area contributed by atoms with Crippen LogP contribution in [0.1, 0.15) is 19.4 Å². The normalized spacial score (nSPS) is 13.8. The molecule has 0 aromatic heterocycles. The van der Waals surface area contributed by atoms with Crippen LogP contribution < -0.4 is 10.6 Å². The summed E-state index contributed by atoms with van der Waals surface area (Å²) in [6, 6.07) is 7.01. The largest absolute Gasteiger partial charge is 0.383 e. The number of aliphatic imine (C=N–C) groups is 1. The van der Waals surface area contributed by atoms with Crippen LogP contribution in [0.4, 0.5) is 0 Å². The summed E-state index contributed by atoms with van der Waals surface area (Å²) >= 11 is 0. The molecule has 0 heterocycles. The van der Waals surface area contributed by atoms with E-state index in [9.17, 15) is 8.42 Å². The second-order valence-electron chi connectivity index (χ2n) is 5.59. The summed E-state index contributed by atoms with van der Waals surface area (Å²) in [5.74, 6) is 0.624. The molecule has 136 valence electrons. The van der Waals surface area contributed by atoms with Crippen LogP contribution in [0.25, 0.3) is 0 Å². The second kappa shape index (κ2) is 9.61. The molecule has 1 rings (SSSR count). The van der Waals surface area contributed by atoms with Crippen molar-refractivity contribution < 1.29 is 13.2 Å². The van der Waals surface area contributed by atoms with Crippen LogP contribution >= 0.6 is 0 Å². The summed E-state index contributed by atoms with van der Waals surface area (Å²) in [4.78, 5) is 4.77. The number of ether oxygens (including phenoxy) is 1. The molecule has 24 heavy (non-hydrogen) atoms. The van der Waals surface area contributed by atoms with Crippen molar-refractivity contribution in [1.29, 1.82) is 0 Å². The van der Waals surface area contributed by atoms with E-state index in [0.29, 0.717) is 24.7 Å². The van der Waals surface area contributed by atoms with E-state index in [0.717, 1.165) is 0 Å². The monoisotopic (exact) mass is 356 g/mol. The third-order valence-electron chi connectivity index (χ3n) is 3.28. The number of nitrogens with one attached hydrogen (secondary N) is 2. The Morgan fingerprint density at radius 2 is 2.00 bits per heavy atom. The van der Waals surface area contributed by atoms with E-state index in [1.807, 2.05) is 19.9 Å². The molecule has 8 heteroatoms. The Morgan fingerprint density at radius 1 is 1.33 bits per heavy atom. The first-order valence-corrected chi connectivity index (χ1v) is 9.31. The summed E-state index contributed by atoms with van der Waals surface area (Å²) in [5, 5.41) is 6.37. The number of nitrogens with zero attached hydrogens (tertiary/aromatic N) is 2. The third kappa shape index (κ3) is 5.77. The minimum Gasteiger partial charge on any atom is -0.383 e. The van der Waals surface area contributed by atoms with E-state index in [-0.39, 0.29) is 17.5 Å². The molecule has 1 atom stereocenters. The molecular weight excluding hydrogens is 328 g/mol. The number of methoxy groups -OCH3 is 1. The highest BCUT2D eigenvalue weighted by Crippen LogP contribution is 2.19. The predicted molar refractivity (Wildman–Crippen MR) is 96.6 cm³/mol. The van der Waals surface area contributed by atoms with Crippen LogP contribution in [0.15, 0.2) is 34.2 Å². The Morgan fingerprint density at radius 3 is 2.58 bits per heavy atom. The van der Waals surface area contributed by atoms with Crippen molar-refractivity contribution in [2.75, 3.05) is 34.4 Å². The fourth-order valence-electron chi connectivity index (χ4n) is 2.09. The molecule has 0 fully saturated rings. The summed E-state index contributed by atoms with van der Waals surface area (Å²) in [5.41, 5.74) is 0.655. The average Bonchev–Trinajstić information content (AvgIpc) is 2.53. The summed E-state index contributed by atoms with van der Waals surface area (Å²) in [6.07, 6.45) is 0. The fourth-order valence-corrected chi connectivity index (χ4v) is 3.20. The topological polar surface area (TPSA) is 83.0 Å². The zero-order valence-electron chi connectivity index (χ0n) is 15.0. The highest BCUT2D eigenvalue weighted by molar-refractivity contribution is 7.89. The highest BCUT2D eigenvalue weighted by atomic mass is 32.2. The maximum atomic E-state index is 12.4. The number of rotatable bonds is 8. The van der Waals surface area contributed by atoms with Gasteiger partial charge in [0.15, 0.2) is 5.96 Å². The van der Waals surface area contributed by atoms with E-state index in [2.05, 4.69) is 15.6 Å². The number of benzene rings is 1. The molecule has 0 amide bonds. The first-order chi connectivity index (χ1) is 11.3. The SMILES string of the molecule is CCNC(=NCc1ccccc1S(=O)(=O)N(C)C)NC(C)COC. The maximum Gasteiger partial charge on any atom is 0.242 e. The van der Waals surface area contributed by atoms with Crippen molar-refractivity contribution in [3.63, 3.8) is 0 Å². The van der Waals surface area contributed by atoms with Crippen molar-refractivity contribution in [1.82, 2.24) is 14.9 Å². The molecule has 0 aliphatic heterocycles. The van der Waals surface area contributed by atoms with Crippen molar-refractivity contribution in [2.45, 2.75) is 31.3 Å². The van der Waals surface area contributed by atoms with Crippen LogP contribution in [0.2, 0.25) is 0 Å². The Hall–Kier alpha value is -1.64. The van der Waals surface area contributed by atoms with E-state index in [1.165, 1.54) is 18.4 Å². The van der Waals surface area contributed by atoms with E-state index >= 15 is 0 Å². The molecule has 1 aromatic carbocycles. The van der Waals surface area contributed by atoms with Gasteiger partial charge in [-0.15, -0.1) is 0 Å². The Bertz CT molecular complexity index is 644. The van der Waals surface area contributed by atoms with Gasteiger partial charge in [0.25, 0.3) is 0 Å². The van der Waals surface area contributed by atoms with Crippen molar-refractivity contribution >= 4 is 16.0 Å². The molecule has 0 aliphatic carbocycles. The highest BCUT2D eigenvalue weighted by Gasteiger charge is 2.20. The van der Waals surface area contributed by atoms with Crippen LogP contribution in [0.3, 0.4) is 0 Å². The number of hydrogen-bond donors (Lipinski definition) is 2. The zero-order chi connectivity index (χ0) is 18.2. The van der Waals surface area contributed by atoms with Crippen molar-refractivity contribution in [3.8, 4) is 0 Å². The minimum atomic E-state index is -3.50. The van der Waals surface area contributed by atoms with Gasteiger partial charge in [-0.2, -0.15) is 0 Å². The van der Waals surface area contributed by atoms with Crippen LogP contribution in [-0.2, 0) is 21.3 Å². The van der Waals surface area contributed by atoms with Gasteiger partial charge in [-0.1, -0.05) is 18.2 Å². The van der Waals surface area contributed by atoms with Gasteiger partial charge in [0.05, 0.1) is 18.0 Å². The third-order valence-corrected chi connectivity index (χ3v) is 5.20. The molecule has 0 aliphatic rings. The molecule has 0 spiro atoms. The number of guanidine groups is 1. The Kier molecular flexibility index (Phi) is 8.17. The van der Waals surface area contributed by atoms with Crippen LogP contribution in [0.5, 0.6) is 0 Å². The number of sulfonamides is 1. The molecule has 1 unspecified atom stereocenters. The second-order valence-corrected chi connectivity index (χ2v) is 7.71. The molecule has 1 aromatic rings. The van der Waals surface area contributed by atoms with Gasteiger partial charge in [0.2, 0.25) is 10.0 Å². The Labute approximate surface area is 145 Å². The van der Waals surface area contributed by atoms with Gasteiger partial charge < -0.3 is 15.4 Å². The van der Waals surface area contributed by atoms with Gasteiger partial charge in [0.1, 0.15) is 0 Å².